The Labute approximate surface area is 158 Å². The molecule has 0 unspecified atom stereocenters. The van der Waals surface area contributed by atoms with Gasteiger partial charge in [-0.25, -0.2) is 0 Å². The highest BCUT2D eigenvalue weighted by atomic mass is 16.6. The summed E-state index contributed by atoms with van der Waals surface area (Å²) in [5.74, 6) is 7.60. The molecule has 1 aromatic heterocycles. The molecule has 0 bridgehead atoms. The zero-order valence-electron chi connectivity index (χ0n) is 15.4. The minimum Gasteiger partial charge on any atom is -0.491 e. The molecule has 1 saturated heterocycles. The maximum atomic E-state index is 12.3. The standard InChI is InChI=1S/C22H23NO4/c1-23-21(18-8-6-17(7-9-18)5-4-16-2-3-16)12-19(13-22(23)24)27-15-20-14-25-10-11-26-20/h6-9,12-13,16,20H,2-3,10-11,14-15H2,1H3/t20-/m1/s1. The summed E-state index contributed by atoms with van der Waals surface area (Å²) in [6.45, 7) is 2.07. The Balaban J connectivity index is 1.51. The second-order valence-corrected chi connectivity index (χ2v) is 6.97. The van der Waals surface area contributed by atoms with Crippen LogP contribution in [0.1, 0.15) is 18.4 Å². The van der Waals surface area contributed by atoms with Crippen LogP contribution in [0.3, 0.4) is 0 Å². The molecule has 0 radical (unpaired) electrons. The number of rotatable bonds is 4. The third-order valence-corrected chi connectivity index (χ3v) is 4.74. The first-order valence-corrected chi connectivity index (χ1v) is 9.34. The van der Waals surface area contributed by atoms with Crippen LogP contribution in [0.5, 0.6) is 5.75 Å². The van der Waals surface area contributed by atoms with Crippen molar-refractivity contribution in [3.05, 3.63) is 52.3 Å². The molecule has 4 rings (SSSR count). The van der Waals surface area contributed by atoms with E-state index in [2.05, 4.69) is 11.8 Å². The number of hydrogen-bond donors (Lipinski definition) is 0. The van der Waals surface area contributed by atoms with E-state index >= 15 is 0 Å². The predicted molar refractivity (Wildman–Crippen MR) is 103 cm³/mol. The van der Waals surface area contributed by atoms with E-state index in [-0.39, 0.29) is 11.7 Å². The highest BCUT2D eigenvalue weighted by Gasteiger charge is 2.18. The molecule has 1 aliphatic carbocycles. The lowest BCUT2D eigenvalue weighted by Crippen LogP contribution is -2.33. The van der Waals surface area contributed by atoms with E-state index in [9.17, 15) is 4.79 Å². The van der Waals surface area contributed by atoms with Gasteiger partial charge in [0.25, 0.3) is 5.56 Å². The molecule has 0 N–H and O–H groups in total. The Morgan fingerprint density at radius 2 is 2.00 bits per heavy atom. The van der Waals surface area contributed by atoms with Gasteiger partial charge in [0, 0.05) is 30.7 Å². The van der Waals surface area contributed by atoms with E-state index in [4.69, 9.17) is 14.2 Å². The fourth-order valence-corrected chi connectivity index (χ4v) is 2.93. The van der Waals surface area contributed by atoms with Crippen molar-refractivity contribution in [1.82, 2.24) is 4.57 Å². The fourth-order valence-electron chi connectivity index (χ4n) is 2.93. The molecule has 1 aromatic carbocycles. The van der Waals surface area contributed by atoms with Gasteiger partial charge in [-0.3, -0.25) is 4.79 Å². The van der Waals surface area contributed by atoms with Crippen molar-refractivity contribution in [3.8, 4) is 28.8 Å². The second kappa shape index (κ2) is 7.99. The molecule has 27 heavy (non-hydrogen) atoms. The molecule has 1 saturated carbocycles. The molecule has 2 aliphatic rings. The van der Waals surface area contributed by atoms with Crippen LogP contribution >= 0.6 is 0 Å². The predicted octanol–water partition coefficient (Wildman–Crippen LogP) is 2.61. The molecule has 0 amide bonds. The van der Waals surface area contributed by atoms with Crippen molar-refractivity contribution >= 4 is 0 Å². The van der Waals surface area contributed by atoms with Crippen LogP contribution in [0.15, 0.2) is 41.2 Å². The van der Waals surface area contributed by atoms with Crippen LogP contribution < -0.4 is 10.3 Å². The first kappa shape index (κ1) is 17.8. The second-order valence-electron chi connectivity index (χ2n) is 6.97. The summed E-state index contributed by atoms with van der Waals surface area (Å²) < 4.78 is 18.4. The van der Waals surface area contributed by atoms with Gasteiger partial charge < -0.3 is 18.8 Å². The van der Waals surface area contributed by atoms with Gasteiger partial charge in [-0.15, -0.1) is 0 Å². The minimum absolute atomic E-state index is 0.101. The monoisotopic (exact) mass is 365 g/mol. The summed E-state index contributed by atoms with van der Waals surface area (Å²) in [6, 6.07) is 11.4. The van der Waals surface area contributed by atoms with Gasteiger partial charge >= 0.3 is 0 Å². The van der Waals surface area contributed by atoms with Crippen molar-refractivity contribution in [1.29, 1.82) is 0 Å². The van der Waals surface area contributed by atoms with Crippen molar-refractivity contribution < 1.29 is 14.2 Å². The highest BCUT2D eigenvalue weighted by molar-refractivity contribution is 5.62. The van der Waals surface area contributed by atoms with Crippen molar-refractivity contribution in [2.75, 3.05) is 26.4 Å². The number of hydrogen-bond acceptors (Lipinski definition) is 4. The van der Waals surface area contributed by atoms with Gasteiger partial charge in [0.15, 0.2) is 0 Å². The Morgan fingerprint density at radius 1 is 1.19 bits per heavy atom. The van der Waals surface area contributed by atoms with Crippen LogP contribution in [0, 0.1) is 17.8 Å². The summed E-state index contributed by atoms with van der Waals surface area (Å²) in [7, 11) is 1.76. The lowest BCUT2D eigenvalue weighted by atomic mass is 10.1. The third kappa shape index (κ3) is 4.60. The largest absolute Gasteiger partial charge is 0.491 e. The maximum Gasteiger partial charge on any atom is 0.254 e. The molecule has 2 heterocycles. The highest BCUT2D eigenvalue weighted by Crippen LogP contribution is 2.28. The smallest absolute Gasteiger partial charge is 0.254 e. The van der Waals surface area contributed by atoms with Crippen molar-refractivity contribution in [2.45, 2.75) is 18.9 Å². The van der Waals surface area contributed by atoms with Crippen LogP contribution in [0.4, 0.5) is 0 Å². The average molecular weight is 365 g/mol. The van der Waals surface area contributed by atoms with E-state index in [0.717, 1.165) is 16.8 Å². The summed E-state index contributed by atoms with van der Waals surface area (Å²) in [5.41, 5.74) is 2.65. The van der Waals surface area contributed by atoms with Crippen LogP contribution in [0.2, 0.25) is 0 Å². The molecule has 1 atom stereocenters. The maximum absolute atomic E-state index is 12.3. The molecule has 1 aliphatic heterocycles. The molecule has 2 fully saturated rings. The Bertz CT molecular complexity index is 910. The lowest BCUT2D eigenvalue weighted by Gasteiger charge is -2.23. The summed E-state index contributed by atoms with van der Waals surface area (Å²) in [4.78, 5) is 12.3. The Kier molecular flexibility index (Phi) is 5.28. The zero-order chi connectivity index (χ0) is 18.6. The number of benzene rings is 1. The van der Waals surface area contributed by atoms with Crippen LogP contribution in [0.25, 0.3) is 11.3 Å². The van der Waals surface area contributed by atoms with E-state index in [1.165, 1.54) is 18.9 Å². The quantitative estimate of drug-likeness (QED) is 0.782. The van der Waals surface area contributed by atoms with Crippen molar-refractivity contribution in [2.24, 2.45) is 13.0 Å². The van der Waals surface area contributed by atoms with E-state index in [1.807, 2.05) is 30.3 Å². The van der Waals surface area contributed by atoms with Gasteiger partial charge in [0.1, 0.15) is 18.5 Å². The third-order valence-electron chi connectivity index (χ3n) is 4.74. The zero-order valence-corrected chi connectivity index (χ0v) is 15.4. The number of pyridine rings is 1. The number of aromatic nitrogens is 1. The summed E-state index contributed by atoms with van der Waals surface area (Å²) in [5, 5.41) is 0. The van der Waals surface area contributed by atoms with E-state index < -0.39 is 0 Å². The van der Waals surface area contributed by atoms with Gasteiger partial charge in [-0.2, -0.15) is 0 Å². The van der Waals surface area contributed by atoms with Crippen LogP contribution in [-0.2, 0) is 16.5 Å². The molecule has 2 aromatic rings. The molecule has 5 nitrogen and oxygen atoms in total. The topological polar surface area (TPSA) is 49.7 Å². The summed E-state index contributed by atoms with van der Waals surface area (Å²) >= 11 is 0. The Hall–Kier alpha value is -2.55. The summed E-state index contributed by atoms with van der Waals surface area (Å²) in [6.07, 6.45) is 2.34. The number of ether oxygens (including phenoxy) is 3. The first-order valence-electron chi connectivity index (χ1n) is 9.34. The van der Waals surface area contributed by atoms with E-state index in [1.54, 1.807) is 11.6 Å². The fraction of sp³-hybridized carbons (Fsp3) is 0.409. The molecule has 0 spiro atoms. The van der Waals surface area contributed by atoms with Gasteiger partial charge in [0.05, 0.1) is 25.5 Å². The van der Waals surface area contributed by atoms with Gasteiger partial charge in [0.2, 0.25) is 0 Å². The average Bonchev–Trinajstić information content (AvgIpc) is 3.53. The molecule has 5 heteroatoms. The van der Waals surface area contributed by atoms with E-state index in [0.29, 0.717) is 38.1 Å². The van der Waals surface area contributed by atoms with Gasteiger partial charge in [-0.1, -0.05) is 24.0 Å². The SMILES string of the molecule is Cn1c(-c2ccc(C#CC3CC3)cc2)cc(OC[C@H]2COCCO2)cc1=O. The Morgan fingerprint density at radius 3 is 2.70 bits per heavy atom. The lowest BCUT2D eigenvalue weighted by molar-refractivity contribution is -0.101. The number of nitrogens with zero attached hydrogens (tertiary/aromatic N) is 1. The first-order chi connectivity index (χ1) is 13.2. The van der Waals surface area contributed by atoms with Crippen molar-refractivity contribution in [3.63, 3.8) is 0 Å². The van der Waals surface area contributed by atoms with Crippen LogP contribution in [-0.4, -0.2) is 37.1 Å². The molecular formula is C22H23NO4. The normalized spacial score (nSPS) is 19.2. The molecular weight excluding hydrogens is 342 g/mol. The minimum atomic E-state index is -0.110. The molecule has 140 valence electrons. The van der Waals surface area contributed by atoms with Gasteiger partial charge in [-0.05, 0) is 30.5 Å².